The summed E-state index contributed by atoms with van der Waals surface area (Å²) in [4.78, 5) is 13.4. The van der Waals surface area contributed by atoms with E-state index in [1.807, 2.05) is 6.07 Å². The minimum Gasteiger partial charge on any atom is -0.450 e. The molecule has 0 N–H and O–H groups in total. The highest BCUT2D eigenvalue weighted by Gasteiger charge is 2.54. The molecule has 0 spiro atoms. The van der Waals surface area contributed by atoms with E-state index in [0.29, 0.717) is 26.0 Å². The summed E-state index contributed by atoms with van der Waals surface area (Å²) in [6.45, 7) is 2.61. The zero-order valence-electron chi connectivity index (χ0n) is 10.5. The van der Waals surface area contributed by atoms with Crippen molar-refractivity contribution in [3.63, 3.8) is 0 Å². The Morgan fingerprint density at radius 2 is 2.56 bits per heavy atom. The van der Waals surface area contributed by atoms with Crippen molar-refractivity contribution in [2.24, 2.45) is 0 Å². The summed E-state index contributed by atoms with van der Waals surface area (Å²) >= 11 is 0. The molecule has 0 bridgehead atoms. The molecule has 98 valence electrons. The van der Waals surface area contributed by atoms with Gasteiger partial charge in [0, 0.05) is 20.1 Å². The molecule has 2 rings (SSSR count). The van der Waals surface area contributed by atoms with Crippen LogP contribution in [-0.2, 0) is 14.2 Å². The van der Waals surface area contributed by atoms with Gasteiger partial charge in [-0.2, -0.15) is 5.26 Å². The smallest absolute Gasteiger partial charge is 0.410 e. The number of methoxy groups -OCH3 is 1. The Hall–Kier alpha value is -1.74. The number of carbonyl (C=O) groups is 1. The fraction of sp³-hybridized carbons (Fsp3) is 0.667. The summed E-state index contributed by atoms with van der Waals surface area (Å²) in [6, 6.07) is 1.73. The highest BCUT2D eigenvalue weighted by atomic mass is 16.7. The van der Waals surface area contributed by atoms with E-state index in [0.717, 1.165) is 0 Å². The van der Waals surface area contributed by atoms with E-state index >= 15 is 0 Å². The van der Waals surface area contributed by atoms with Gasteiger partial charge in [-0.3, -0.25) is 4.90 Å². The van der Waals surface area contributed by atoms with Gasteiger partial charge in [-0.1, -0.05) is 0 Å². The van der Waals surface area contributed by atoms with Gasteiger partial charge in [-0.05, 0) is 19.4 Å². The average Bonchev–Trinajstić information content (AvgIpc) is 2.78. The number of rotatable bonds is 2. The SMILES string of the molecule is CCOC(=O)N1CCC2(OC)OC(C#N)=CCC12. The maximum Gasteiger partial charge on any atom is 0.410 e. The molecule has 6 nitrogen and oxygen atoms in total. The van der Waals surface area contributed by atoms with E-state index in [1.54, 1.807) is 17.9 Å². The Morgan fingerprint density at radius 1 is 1.78 bits per heavy atom. The lowest BCUT2D eigenvalue weighted by Gasteiger charge is -2.38. The molecule has 2 atom stereocenters. The van der Waals surface area contributed by atoms with Gasteiger partial charge < -0.3 is 14.2 Å². The van der Waals surface area contributed by atoms with E-state index < -0.39 is 5.79 Å². The Morgan fingerprint density at radius 3 is 3.17 bits per heavy atom. The largest absolute Gasteiger partial charge is 0.450 e. The zero-order valence-corrected chi connectivity index (χ0v) is 10.5. The van der Waals surface area contributed by atoms with Crippen LogP contribution in [0.1, 0.15) is 19.8 Å². The lowest BCUT2D eigenvalue weighted by molar-refractivity contribution is -0.213. The number of hydrogen-bond acceptors (Lipinski definition) is 5. The van der Waals surface area contributed by atoms with Gasteiger partial charge in [-0.15, -0.1) is 0 Å². The molecule has 0 aromatic heterocycles. The van der Waals surface area contributed by atoms with Gasteiger partial charge >= 0.3 is 6.09 Å². The van der Waals surface area contributed by atoms with Crippen LogP contribution in [0.2, 0.25) is 0 Å². The van der Waals surface area contributed by atoms with Crippen LogP contribution < -0.4 is 0 Å². The Bertz CT molecular complexity index is 415. The summed E-state index contributed by atoms with van der Waals surface area (Å²) in [7, 11) is 1.53. The van der Waals surface area contributed by atoms with Crippen molar-refractivity contribution in [2.75, 3.05) is 20.3 Å². The van der Waals surface area contributed by atoms with Crippen LogP contribution >= 0.6 is 0 Å². The highest BCUT2D eigenvalue weighted by molar-refractivity contribution is 5.68. The molecule has 1 amide bonds. The standard InChI is InChI=1S/C12H16N2O4/c1-3-17-11(15)14-7-6-12(16-2)10(14)5-4-9(8-13)18-12/h4,10H,3,5-7H2,1-2H3. The van der Waals surface area contributed by atoms with Crippen molar-refractivity contribution in [1.82, 2.24) is 4.90 Å². The van der Waals surface area contributed by atoms with Crippen molar-refractivity contribution in [1.29, 1.82) is 5.26 Å². The number of nitriles is 1. The van der Waals surface area contributed by atoms with E-state index in [-0.39, 0.29) is 17.9 Å². The lowest BCUT2D eigenvalue weighted by Crippen LogP contribution is -2.51. The van der Waals surface area contributed by atoms with Gasteiger partial charge in [0.05, 0.1) is 6.61 Å². The minimum absolute atomic E-state index is 0.237. The maximum atomic E-state index is 11.8. The van der Waals surface area contributed by atoms with Gasteiger partial charge in [0.25, 0.3) is 0 Å². The van der Waals surface area contributed by atoms with Crippen LogP contribution in [0.15, 0.2) is 11.8 Å². The Kier molecular flexibility index (Phi) is 3.43. The molecule has 0 aliphatic carbocycles. The normalized spacial score (nSPS) is 29.9. The Labute approximate surface area is 106 Å². The van der Waals surface area contributed by atoms with Crippen LogP contribution in [-0.4, -0.2) is 43.1 Å². The maximum absolute atomic E-state index is 11.8. The number of ether oxygens (including phenoxy) is 3. The van der Waals surface area contributed by atoms with Crippen LogP contribution in [0, 0.1) is 11.3 Å². The Balaban J connectivity index is 2.21. The minimum atomic E-state index is -0.910. The van der Waals surface area contributed by atoms with Crippen molar-refractivity contribution in [2.45, 2.75) is 31.6 Å². The molecule has 0 radical (unpaired) electrons. The number of carbonyl (C=O) groups excluding carboxylic acids is 1. The van der Waals surface area contributed by atoms with Gasteiger partial charge in [0.2, 0.25) is 5.79 Å². The summed E-state index contributed by atoms with van der Waals surface area (Å²) in [5.74, 6) is -0.661. The third kappa shape index (κ3) is 1.91. The van der Waals surface area contributed by atoms with Crippen LogP contribution in [0.25, 0.3) is 0 Å². The summed E-state index contributed by atoms with van der Waals surface area (Å²) in [5, 5.41) is 8.88. The fourth-order valence-electron chi connectivity index (χ4n) is 2.48. The predicted molar refractivity (Wildman–Crippen MR) is 61.3 cm³/mol. The number of likely N-dealkylation sites (tertiary alicyclic amines) is 1. The molecule has 2 aliphatic heterocycles. The predicted octanol–water partition coefficient (Wildman–Crippen LogP) is 1.39. The van der Waals surface area contributed by atoms with Crippen LogP contribution in [0.5, 0.6) is 0 Å². The van der Waals surface area contributed by atoms with Crippen molar-refractivity contribution >= 4 is 6.09 Å². The van der Waals surface area contributed by atoms with E-state index in [9.17, 15) is 4.79 Å². The lowest BCUT2D eigenvalue weighted by atomic mass is 10.0. The van der Waals surface area contributed by atoms with Crippen molar-refractivity contribution in [3.8, 4) is 6.07 Å². The molecule has 1 saturated heterocycles. The van der Waals surface area contributed by atoms with Gasteiger partial charge in [0.1, 0.15) is 12.1 Å². The highest BCUT2D eigenvalue weighted by Crippen LogP contribution is 2.40. The number of nitrogens with zero attached hydrogens (tertiary/aromatic N) is 2. The molecule has 2 heterocycles. The van der Waals surface area contributed by atoms with Crippen LogP contribution in [0.4, 0.5) is 4.79 Å². The van der Waals surface area contributed by atoms with Crippen molar-refractivity contribution in [3.05, 3.63) is 11.8 Å². The zero-order chi connectivity index (χ0) is 13.2. The van der Waals surface area contributed by atoms with Crippen LogP contribution in [0.3, 0.4) is 0 Å². The summed E-state index contributed by atoms with van der Waals surface area (Å²) in [6.07, 6.45) is 2.39. The molecule has 0 aromatic rings. The van der Waals surface area contributed by atoms with Crippen molar-refractivity contribution < 1.29 is 19.0 Å². The van der Waals surface area contributed by atoms with E-state index in [1.165, 1.54) is 7.11 Å². The number of hydrogen-bond donors (Lipinski definition) is 0. The number of amides is 1. The van der Waals surface area contributed by atoms with Gasteiger partial charge in [-0.25, -0.2) is 4.79 Å². The first-order chi connectivity index (χ1) is 8.66. The first-order valence-corrected chi connectivity index (χ1v) is 5.94. The summed E-state index contributed by atoms with van der Waals surface area (Å²) < 4.78 is 16.0. The first kappa shape index (κ1) is 12.7. The molecule has 6 heteroatoms. The molecule has 2 unspecified atom stereocenters. The van der Waals surface area contributed by atoms with Gasteiger partial charge in [0.15, 0.2) is 5.76 Å². The molecule has 2 aliphatic rings. The molecule has 18 heavy (non-hydrogen) atoms. The second kappa shape index (κ2) is 4.86. The monoisotopic (exact) mass is 252 g/mol. The number of fused-ring (bicyclic) bond motifs is 1. The summed E-state index contributed by atoms with van der Waals surface area (Å²) in [5.41, 5.74) is 0. The topological polar surface area (TPSA) is 71.8 Å². The fourth-order valence-corrected chi connectivity index (χ4v) is 2.48. The number of allylic oxidation sites excluding steroid dienone is 1. The molecule has 1 fully saturated rings. The molecule has 0 saturated carbocycles. The first-order valence-electron chi connectivity index (χ1n) is 5.94. The molecule has 0 aromatic carbocycles. The third-order valence-corrected chi connectivity index (χ3v) is 3.35. The second-order valence-electron chi connectivity index (χ2n) is 4.19. The second-order valence-corrected chi connectivity index (χ2v) is 4.19. The van der Waals surface area contributed by atoms with E-state index in [2.05, 4.69) is 0 Å². The van der Waals surface area contributed by atoms with E-state index in [4.69, 9.17) is 19.5 Å². The molecular formula is C12H16N2O4. The average molecular weight is 252 g/mol. The molecular weight excluding hydrogens is 236 g/mol. The third-order valence-electron chi connectivity index (χ3n) is 3.35. The quantitative estimate of drug-likeness (QED) is 0.742.